The van der Waals surface area contributed by atoms with E-state index in [-0.39, 0.29) is 24.4 Å². The summed E-state index contributed by atoms with van der Waals surface area (Å²) in [6, 6.07) is 20.4. The average Bonchev–Trinajstić information content (AvgIpc) is 3.21. The Hall–Kier alpha value is -3.41. The zero-order valence-electron chi connectivity index (χ0n) is 15.5. The number of ether oxygens (including phenoxy) is 3. The van der Waals surface area contributed by atoms with E-state index in [1.165, 1.54) is 0 Å². The molecular formula is C22H21NO5. The summed E-state index contributed by atoms with van der Waals surface area (Å²) in [4.78, 5) is 14.2. The molecule has 6 nitrogen and oxygen atoms in total. The minimum atomic E-state index is -0.236. The van der Waals surface area contributed by atoms with E-state index in [0.717, 1.165) is 11.5 Å². The predicted octanol–water partition coefficient (Wildman–Crippen LogP) is 3.77. The number of hydrogen-bond acceptors (Lipinski definition) is 5. The second-order valence-corrected chi connectivity index (χ2v) is 6.55. The maximum absolute atomic E-state index is 12.6. The quantitative estimate of drug-likeness (QED) is 0.652. The van der Waals surface area contributed by atoms with Crippen LogP contribution in [0.25, 0.3) is 0 Å². The fourth-order valence-corrected chi connectivity index (χ4v) is 2.97. The van der Waals surface area contributed by atoms with Gasteiger partial charge in [-0.3, -0.25) is 4.79 Å². The first-order valence-corrected chi connectivity index (χ1v) is 9.09. The highest BCUT2D eigenvalue weighted by Gasteiger charge is 2.25. The molecule has 1 unspecified atom stereocenters. The summed E-state index contributed by atoms with van der Waals surface area (Å²) in [6.07, 6.45) is -0.236. The van der Waals surface area contributed by atoms with Gasteiger partial charge in [0.1, 0.15) is 24.7 Å². The van der Waals surface area contributed by atoms with E-state index in [2.05, 4.69) is 0 Å². The zero-order valence-corrected chi connectivity index (χ0v) is 15.5. The summed E-state index contributed by atoms with van der Waals surface area (Å²) in [5.74, 6) is 2.81. The zero-order chi connectivity index (χ0) is 19.3. The van der Waals surface area contributed by atoms with Gasteiger partial charge in [-0.15, -0.1) is 0 Å². The van der Waals surface area contributed by atoms with Crippen molar-refractivity contribution in [1.82, 2.24) is 4.90 Å². The highest BCUT2D eigenvalue weighted by atomic mass is 16.6. The standard InChI is InChI=1S/C22H21NO5/c1-23(13-18-15-26-19-9-5-6-10-20(19)28-18)22(24)21-12-11-17(27-21)14-25-16-7-3-2-4-8-16/h2-12,18H,13-15H2,1H3. The van der Waals surface area contributed by atoms with Crippen LogP contribution in [-0.2, 0) is 6.61 Å². The van der Waals surface area contributed by atoms with Gasteiger partial charge in [-0.05, 0) is 36.4 Å². The third-order valence-electron chi connectivity index (χ3n) is 4.39. The third-order valence-corrected chi connectivity index (χ3v) is 4.39. The number of amides is 1. The molecule has 4 rings (SSSR count). The molecule has 1 aliphatic heterocycles. The Labute approximate surface area is 163 Å². The molecule has 6 heteroatoms. The van der Waals surface area contributed by atoms with Crippen molar-refractivity contribution in [3.05, 3.63) is 78.3 Å². The number of nitrogens with zero attached hydrogens (tertiary/aromatic N) is 1. The lowest BCUT2D eigenvalue weighted by Gasteiger charge is -2.29. The number of rotatable bonds is 6. The maximum Gasteiger partial charge on any atom is 0.289 e. The molecule has 2 aromatic carbocycles. The first-order valence-electron chi connectivity index (χ1n) is 9.09. The van der Waals surface area contributed by atoms with E-state index in [1.54, 1.807) is 24.1 Å². The van der Waals surface area contributed by atoms with Gasteiger partial charge in [0.25, 0.3) is 5.91 Å². The van der Waals surface area contributed by atoms with Crippen molar-refractivity contribution in [2.75, 3.05) is 20.2 Å². The molecule has 144 valence electrons. The number of carbonyl (C=O) groups is 1. The maximum atomic E-state index is 12.6. The summed E-state index contributed by atoms with van der Waals surface area (Å²) in [5.41, 5.74) is 0. The summed E-state index contributed by atoms with van der Waals surface area (Å²) in [5, 5.41) is 0. The minimum Gasteiger partial charge on any atom is -0.486 e. The van der Waals surface area contributed by atoms with Crippen molar-refractivity contribution in [2.24, 2.45) is 0 Å². The molecule has 1 amide bonds. The van der Waals surface area contributed by atoms with Crippen LogP contribution in [0.2, 0.25) is 0 Å². The number of carbonyl (C=O) groups excluding carboxylic acids is 1. The van der Waals surface area contributed by atoms with E-state index in [9.17, 15) is 4.79 Å². The number of furan rings is 1. The van der Waals surface area contributed by atoms with Gasteiger partial charge in [0.05, 0.1) is 6.54 Å². The molecule has 1 aliphatic rings. The molecule has 0 aliphatic carbocycles. The van der Waals surface area contributed by atoms with Crippen LogP contribution >= 0.6 is 0 Å². The van der Waals surface area contributed by atoms with Gasteiger partial charge < -0.3 is 23.5 Å². The number of hydrogen-bond donors (Lipinski definition) is 0. The van der Waals surface area contributed by atoms with Crippen molar-refractivity contribution in [3.8, 4) is 17.2 Å². The third kappa shape index (κ3) is 4.11. The smallest absolute Gasteiger partial charge is 0.289 e. The summed E-state index contributed by atoms with van der Waals surface area (Å²) in [7, 11) is 1.72. The molecule has 0 radical (unpaired) electrons. The normalized spacial score (nSPS) is 15.1. The van der Waals surface area contributed by atoms with Crippen LogP contribution in [0.1, 0.15) is 16.3 Å². The van der Waals surface area contributed by atoms with Crippen molar-refractivity contribution < 1.29 is 23.4 Å². The van der Waals surface area contributed by atoms with Crippen molar-refractivity contribution in [3.63, 3.8) is 0 Å². The second-order valence-electron chi connectivity index (χ2n) is 6.55. The Kier molecular flexibility index (Phi) is 5.19. The molecule has 0 fully saturated rings. The molecule has 3 aromatic rings. The lowest BCUT2D eigenvalue weighted by atomic mass is 10.2. The molecular weight excluding hydrogens is 358 g/mol. The lowest BCUT2D eigenvalue weighted by Crippen LogP contribution is -2.41. The van der Waals surface area contributed by atoms with E-state index < -0.39 is 0 Å². The predicted molar refractivity (Wildman–Crippen MR) is 103 cm³/mol. The Morgan fingerprint density at radius 3 is 2.61 bits per heavy atom. The highest BCUT2D eigenvalue weighted by molar-refractivity contribution is 5.91. The Morgan fingerprint density at radius 2 is 1.79 bits per heavy atom. The van der Waals surface area contributed by atoms with Crippen LogP contribution in [0, 0.1) is 0 Å². The topological polar surface area (TPSA) is 61.1 Å². The van der Waals surface area contributed by atoms with Gasteiger partial charge in [0.15, 0.2) is 23.4 Å². The minimum absolute atomic E-state index is 0.214. The van der Waals surface area contributed by atoms with Gasteiger partial charge in [0, 0.05) is 7.05 Å². The second kappa shape index (κ2) is 8.08. The Bertz CT molecular complexity index is 937. The van der Waals surface area contributed by atoms with Gasteiger partial charge >= 0.3 is 0 Å². The van der Waals surface area contributed by atoms with Gasteiger partial charge in [0.2, 0.25) is 0 Å². The SMILES string of the molecule is CN(CC1COc2ccccc2O1)C(=O)c1ccc(COc2ccccc2)o1. The molecule has 0 spiro atoms. The van der Waals surface area contributed by atoms with E-state index >= 15 is 0 Å². The number of fused-ring (bicyclic) bond motifs is 1. The van der Waals surface area contributed by atoms with Gasteiger partial charge in [-0.2, -0.15) is 0 Å². The molecule has 1 atom stereocenters. The first-order chi connectivity index (χ1) is 13.7. The van der Waals surface area contributed by atoms with Crippen LogP contribution in [0.4, 0.5) is 0 Å². The summed E-state index contributed by atoms with van der Waals surface area (Å²) < 4.78 is 22.9. The first kappa shape index (κ1) is 18.0. The van der Waals surface area contributed by atoms with Gasteiger partial charge in [-0.1, -0.05) is 30.3 Å². The summed E-state index contributed by atoms with van der Waals surface area (Å²) in [6.45, 7) is 1.05. The summed E-state index contributed by atoms with van der Waals surface area (Å²) >= 11 is 0. The number of para-hydroxylation sites is 3. The van der Waals surface area contributed by atoms with Crippen molar-refractivity contribution in [1.29, 1.82) is 0 Å². The molecule has 28 heavy (non-hydrogen) atoms. The van der Waals surface area contributed by atoms with E-state index in [0.29, 0.717) is 24.7 Å². The van der Waals surface area contributed by atoms with E-state index in [1.807, 2.05) is 54.6 Å². The molecule has 0 bridgehead atoms. The van der Waals surface area contributed by atoms with Gasteiger partial charge in [-0.25, -0.2) is 0 Å². The Morgan fingerprint density at radius 1 is 1.04 bits per heavy atom. The molecule has 0 saturated heterocycles. The van der Waals surface area contributed by atoms with Crippen LogP contribution in [0.5, 0.6) is 17.2 Å². The van der Waals surface area contributed by atoms with Crippen LogP contribution < -0.4 is 14.2 Å². The van der Waals surface area contributed by atoms with Crippen molar-refractivity contribution >= 4 is 5.91 Å². The fourth-order valence-electron chi connectivity index (χ4n) is 2.97. The van der Waals surface area contributed by atoms with Crippen LogP contribution in [0.3, 0.4) is 0 Å². The Balaban J connectivity index is 1.32. The highest BCUT2D eigenvalue weighted by Crippen LogP contribution is 2.31. The lowest BCUT2D eigenvalue weighted by molar-refractivity contribution is 0.0499. The average molecular weight is 379 g/mol. The van der Waals surface area contributed by atoms with Crippen LogP contribution in [0.15, 0.2) is 71.1 Å². The molecule has 0 N–H and O–H groups in total. The molecule has 0 saturated carbocycles. The number of likely N-dealkylation sites (N-methyl/N-ethyl adjacent to an activating group) is 1. The van der Waals surface area contributed by atoms with E-state index in [4.69, 9.17) is 18.6 Å². The van der Waals surface area contributed by atoms with Crippen LogP contribution in [-0.4, -0.2) is 37.1 Å². The number of benzene rings is 2. The van der Waals surface area contributed by atoms with Crippen molar-refractivity contribution in [2.45, 2.75) is 12.7 Å². The fraction of sp³-hybridized carbons (Fsp3) is 0.227. The monoisotopic (exact) mass is 379 g/mol. The molecule has 1 aromatic heterocycles. The molecule has 2 heterocycles. The largest absolute Gasteiger partial charge is 0.486 e.